The topological polar surface area (TPSA) is 82.8 Å². The second-order valence-corrected chi connectivity index (χ2v) is 7.27. The number of methoxy groups -OCH3 is 2. The Hall–Kier alpha value is -3.48. The summed E-state index contributed by atoms with van der Waals surface area (Å²) in [7, 11) is 3.26. The number of amides is 1. The minimum Gasteiger partial charge on any atom is -0.497 e. The molecule has 0 fully saturated rings. The minimum atomic E-state index is 0.0158. The lowest BCUT2D eigenvalue weighted by Crippen LogP contribution is -2.25. The Labute approximate surface area is 188 Å². The normalized spacial score (nSPS) is 10.6. The molecular formula is C25H30N2O5. The van der Waals surface area contributed by atoms with E-state index in [1.165, 1.54) is 0 Å². The van der Waals surface area contributed by atoms with Gasteiger partial charge in [-0.15, -0.1) is 0 Å². The number of aryl methyl sites for hydroxylation is 1. The molecule has 1 N–H and O–H groups in total. The first-order valence-electron chi connectivity index (χ1n) is 10.8. The third kappa shape index (κ3) is 6.51. The molecule has 0 spiro atoms. The standard InChI is InChI=1S/C25H30N2O5/c1-4-31-21-10-8-18(9-11-21)24-17-20(27-32-24)6-5-7-25(28)26-15-14-19-16-22(29-2)12-13-23(19)30-3/h8-13,16-17H,4-7,14-15H2,1-3H3,(H,26,28). The van der Waals surface area contributed by atoms with E-state index in [1.807, 2.05) is 55.5 Å². The number of hydrogen-bond acceptors (Lipinski definition) is 6. The van der Waals surface area contributed by atoms with Gasteiger partial charge in [-0.3, -0.25) is 4.79 Å². The van der Waals surface area contributed by atoms with Gasteiger partial charge in [0.2, 0.25) is 5.91 Å². The summed E-state index contributed by atoms with van der Waals surface area (Å²) < 4.78 is 21.5. The van der Waals surface area contributed by atoms with Crippen molar-refractivity contribution in [2.75, 3.05) is 27.4 Å². The van der Waals surface area contributed by atoms with Crippen molar-refractivity contribution in [3.63, 3.8) is 0 Å². The van der Waals surface area contributed by atoms with Gasteiger partial charge >= 0.3 is 0 Å². The number of nitrogens with one attached hydrogen (secondary N) is 1. The Morgan fingerprint density at radius 1 is 1.00 bits per heavy atom. The first-order chi connectivity index (χ1) is 15.6. The first-order valence-corrected chi connectivity index (χ1v) is 10.8. The molecule has 0 radical (unpaired) electrons. The predicted molar refractivity (Wildman–Crippen MR) is 122 cm³/mol. The predicted octanol–water partition coefficient (Wildman–Crippen LogP) is 4.44. The summed E-state index contributed by atoms with van der Waals surface area (Å²) in [5.74, 6) is 3.10. The maximum atomic E-state index is 12.2. The zero-order chi connectivity index (χ0) is 22.8. The van der Waals surface area contributed by atoms with Crippen LogP contribution in [0.4, 0.5) is 0 Å². The Bertz CT molecular complexity index is 998. The van der Waals surface area contributed by atoms with Gasteiger partial charge in [-0.25, -0.2) is 0 Å². The van der Waals surface area contributed by atoms with Crippen molar-refractivity contribution < 1.29 is 23.5 Å². The largest absolute Gasteiger partial charge is 0.497 e. The molecule has 1 aromatic heterocycles. The zero-order valence-corrected chi connectivity index (χ0v) is 18.8. The lowest BCUT2D eigenvalue weighted by atomic mass is 10.1. The van der Waals surface area contributed by atoms with Crippen molar-refractivity contribution in [1.29, 1.82) is 0 Å². The lowest BCUT2D eigenvalue weighted by Gasteiger charge is -2.11. The van der Waals surface area contributed by atoms with Gasteiger partial charge in [-0.05, 0) is 74.2 Å². The SMILES string of the molecule is CCOc1ccc(-c2cc(CCCC(=O)NCCc3cc(OC)ccc3OC)no2)cc1. The van der Waals surface area contributed by atoms with E-state index in [9.17, 15) is 4.79 Å². The minimum absolute atomic E-state index is 0.0158. The monoisotopic (exact) mass is 438 g/mol. The molecule has 3 rings (SSSR count). The van der Waals surface area contributed by atoms with E-state index in [0.29, 0.717) is 44.6 Å². The van der Waals surface area contributed by atoms with Crippen LogP contribution in [0.15, 0.2) is 53.1 Å². The van der Waals surface area contributed by atoms with Crippen LogP contribution >= 0.6 is 0 Å². The fourth-order valence-corrected chi connectivity index (χ4v) is 3.38. The highest BCUT2D eigenvalue weighted by molar-refractivity contribution is 5.75. The van der Waals surface area contributed by atoms with Crippen LogP contribution in [0.25, 0.3) is 11.3 Å². The average molecular weight is 439 g/mol. The molecule has 0 aliphatic carbocycles. The second kappa shape index (κ2) is 11.8. The maximum Gasteiger partial charge on any atom is 0.220 e. The molecule has 1 amide bonds. The summed E-state index contributed by atoms with van der Waals surface area (Å²) in [5, 5.41) is 7.08. The van der Waals surface area contributed by atoms with Crippen LogP contribution in [-0.2, 0) is 17.6 Å². The highest BCUT2D eigenvalue weighted by Gasteiger charge is 2.09. The number of carbonyl (C=O) groups is 1. The van der Waals surface area contributed by atoms with Gasteiger partial charge in [0.25, 0.3) is 0 Å². The number of nitrogens with zero attached hydrogens (tertiary/aromatic N) is 1. The van der Waals surface area contributed by atoms with E-state index < -0.39 is 0 Å². The van der Waals surface area contributed by atoms with Gasteiger partial charge in [0, 0.05) is 24.6 Å². The molecule has 0 bridgehead atoms. The molecule has 0 atom stereocenters. The smallest absolute Gasteiger partial charge is 0.220 e. The second-order valence-electron chi connectivity index (χ2n) is 7.27. The Morgan fingerprint density at radius 3 is 2.50 bits per heavy atom. The van der Waals surface area contributed by atoms with Crippen molar-refractivity contribution in [2.45, 2.75) is 32.6 Å². The van der Waals surface area contributed by atoms with E-state index in [-0.39, 0.29) is 5.91 Å². The summed E-state index contributed by atoms with van der Waals surface area (Å²) >= 11 is 0. The average Bonchev–Trinajstić information content (AvgIpc) is 3.28. The molecular weight excluding hydrogens is 408 g/mol. The van der Waals surface area contributed by atoms with E-state index in [1.54, 1.807) is 14.2 Å². The third-order valence-electron chi connectivity index (χ3n) is 5.05. The molecule has 7 nitrogen and oxygen atoms in total. The van der Waals surface area contributed by atoms with Crippen LogP contribution in [0.5, 0.6) is 17.2 Å². The number of aromatic nitrogens is 1. The molecule has 7 heteroatoms. The summed E-state index contributed by atoms with van der Waals surface area (Å²) in [4.78, 5) is 12.2. The van der Waals surface area contributed by atoms with Gasteiger partial charge in [-0.1, -0.05) is 5.16 Å². The van der Waals surface area contributed by atoms with Crippen LogP contribution in [0, 0.1) is 0 Å². The molecule has 1 heterocycles. The maximum absolute atomic E-state index is 12.2. The molecule has 0 saturated heterocycles. The molecule has 2 aromatic carbocycles. The van der Waals surface area contributed by atoms with Gasteiger partial charge in [0.15, 0.2) is 5.76 Å². The van der Waals surface area contributed by atoms with Crippen LogP contribution in [-0.4, -0.2) is 38.4 Å². The molecule has 3 aromatic rings. The fourth-order valence-electron chi connectivity index (χ4n) is 3.38. The summed E-state index contributed by atoms with van der Waals surface area (Å²) in [6.07, 6.45) is 2.47. The van der Waals surface area contributed by atoms with Crippen molar-refractivity contribution in [2.24, 2.45) is 0 Å². The summed E-state index contributed by atoms with van der Waals surface area (Å²) in [6, 6.07) is 15.3. The molecule has 0 aliphatic rings. The molecule has 32 heavy (non-hydrogen) atoms. The number of carbonyl (C=O) groups excluding carboxylic acids is 1. The van der Waals surface area contributed by atoms with Crippen LogP contribution < -0.4 is 19.5 Å². The van der Waals surface area contributed by atoms with E-state index in [4.69, 9.17) is 18.7 Å². The fraction of sp³-hybridized carbons (Fsp3) is 0.360. The molecule has 0 aliphatic heterocycles. The van der Waals surface area contributed by atoms with Gasteiger partial charge < -0.3 is 24.1 Å². The van der Waals surface area contributed by atoms with Crippen molar-refractivity contribution in [1.82, 2.24) is 10.5 Å². The Balaban J connectivity index is 1.41. The summed E-state index contributed by atoms with van der Waals surface area (Å²) in [6.45, 7) is 3.12. The van der Waals surface area contributed by atoms with Gasteiger partial charge in [0.05, 0.1) is 26.5 Å². The Morgan fingerprint density at radius 2 is 1.78 bits per heavy atom. The number of hydrogen-bond donors (Lipinski definition) is 1. The lowest BCUT2D eigenvalue weighted by molar-refractivity contribution is -0.121. The van der Waals surface area contributed by atoms with Crippen molar-refractivity contribution in [3.8, 4) is 28.6 Å². The molecule has 170 valence electrons. The van der Waals surface area contributed by atoms with Crippen LogP contribution in [0.2, 0.25) is 0 Å². The van der Waals surface area contributed by atoms with Gasteiger partial charge in [0.1, 0.15) is 17.2 Å². The third-order valence-corrected chi connectivity index (χ3v) is 5.05. The van der Waals surface area contributed by atoms with E-state index in [0.717, 1.165) is 34.1 Å². The Kier molecular flexibility index (Phi) is 8.54. The van der Waals surface area contributed by atoms with Crippen molar-refractivity contribution >= 4 is 5.91 Å². The quantitative estimate of drug-likeness (QED) is 0.450. The summed E-state index contributed by atoms with van der Waals surface area (Å²) in [5.41, 5.74) is 2.78. The van der Waals surface area contributed by atoms with Crippen molar-refractivity contribution in [3.05, 3.63) is 59.8 Å². The van der Waals surface area contributed by atoms with Crippen LogP contribution in [0.3, 0.4) is 0 Å². The number of rotatable bonds is 12. The highest BCUT2D eigenvalue weighted by atomic mass is 16.5. The van der Waals surface area contributed by atoms with E-state index >= 15 is 0 Å². The van der Waals surface area contributed by atoms with Crippen LogP contribution in [0.1, 0.15) is 31.0 Å². The van der Waals surface area contributed by atoms with E-state index in [2.05, 4.69) is 10.5 Å². The zero-order valence-electron chi connectivity index (χ0n) is 18.8. The highest BCUT2D eigenvalue weighted by Crippen LogP contribution is 2.25. The first kappa shape index (κ1) is 23.2. The molecule has 0 unspecified atom stereocenters. The molecule has 0 saturated carbocycles. The number of ether oxygens (including phenoxy) is 3. The number of benzene rings is 2. The van der Waals surface area contributed by atoms with Gasteiger partial charge in [-0.2, -0.15) is 0 Å².